The molecule has 1 unspecified atom stereocenters. The highest BCUT2D eigenvalue weighted by molar-refractivity contribution is 5.47. The van der Waals surface area contributed by atoms with E-state index in [9.17, 15) is 0 Å². The predicted molar refractivity (Wildman–Crippen MR) is 121 cm³/mol. The highest BCUT2D eigenvalue weighted by atomic mass is 16.6. The van der Waals surface area contributed by atoms with Crippen molar-refractivity contribution in [3.63, 3.8) is 0 Å². The monoisotopic (exact) mass is 398 g/mol. The molecule has 2 heteroatoms. The van der Waals surface area contributed by atoms with Gasteiger partial charge in [-0.1, -0.05) is 66.2 Å². The van der Waals surface area contributed by atoms with E-state index in [1.54, 1.807) is 0 Å². The Hall–Kier alpha value is -2.58. The van der Waals surface area contributed by atoms with Crippen molar-refractivity contribution in [1.82, 2.24) is 0 Å². The van der Waals surface area contributed by atoms with Gasteiger partial charge in [-0.15, -0.1) is 0 Å². The summed E-state index contributed by atoms with van der Waals surface area (Å²) >= 11 is 0. The number of ether oxygens (including phenoxy) is 2. The fourth-order valence-corrected chi connectivity index (χ4v) is 4.93. The molecule has 2 nitrogen and oxygen atoms in total. The van der Waals surface area contributed by atoms with E-state index in [0.29, 0.717) is 17.9 Å². The summed E-state index contributed by atoms with van der Waals surface area (Å²) in [5.74, 6) is 1.86. The summed E-state index contributed by atoms with van der Waals surface area (Å²) in [4.78, 5) is 0. The van der Waals surface area contributed by atoms with Gasteiger partial charge in [-0.05, 0) is 72.9 Å². The third kappa shape index (κ3) is 4.29. The zero-order valence-electron chi connectivity index (χ0n) is 17.7. The van der Waals surface area contributed by atoms with E-state index in [2.05, 4.69) is 79.7 Å². The molecule has 0 radical (unpaired) electrons. The molecular weight excluding hydrogens is 368 g/mol. The van der Waals surface area contributed by atoms with Crippen molar-refractivity contribution in [2.75, 3.05) is 13.2 Å². The zero-order valence-corrected chi connectivity index (χ0v) is 17.7. The largest absolute Gasteiger partial charge is 0.494 e. The summed E-state index contributed by atoms with van der Waals surface area (Å²) in [6.45, 7) is 3.89. The summed E-state index contributed by atoms with van der Waals surface area (Å²) in [5.41, 5.74) is 7.17. The van der Waals surface area contributed by atoms with Gasteiger partial charge >= 0.3 is 0 Å². The van der Waals surface area contributed by atoms with Crippen LogP contribution in [0.1, 0.15) is 58.9 Å². The van der Waals surface area contributed by atoms with Crippen molar-refractivity contribution in [2.45, 2.75) is 50.5 Å². The van der Waals surface area contributed by atoms with Crippen LogP contribution < -0.4 is 4.74 Å². The third-order valence-corrected chi connectivity index (χ3v) is 6.57. The van der Waals surface area contributed by atoms with Crippen LogP contribution >= 0.6 is 0 Å². The number of hydrogen-bond donors (Lipinski definition) is 0. The molecule has 2 aliphatic rings. The quantitative estimate of drug-likeness (QED) is 0.339. The molecule has 1 saturated heterocycles. The predicted octanol–water partition coefficient (Wildman–Crippen LogP) is 6.41. The van der Waals surface area contributed by atoms with Crippen molar-refractivity contribution in [2.24, 2.45) is 0 Å². The molecule has 0 N–H and O–H groups in total. The summed E-state index contributed by atoms with van der Waals surface area (Å²) in [6, 6.07) is 26.9. The van der Waals surface area contributed by atoms with Gasteiger partial charge in [0.2, 0.25) is 0 Å². The standard InChI is InChI=1S/C28H30O2/c1-20-9-15-27-23(18-20)12-16-26(21-6-3-2-4-7-21)28(27)22-10-13-24(14-11-22)29-17-5-8-25-19-30-25/h2-4,6-7,9-11,13-15,18,25-26,28H,5,8,12,16-17,19H2,1H3/t25?,26-,28+/m1/s1. The minimum Gasteiger partial charge on any atom is -0.494 e. The van der Waals surface area contributed by atoms with Gasteiger partial charge in [0, 0.05) is 5.92 Å². The van der Waals surface area contributed by atoms with E-state index < -0.39 is 0 Å². The number of hydrogen-bond acceptors (Lipinski definition) is 2. The summed E-state index contributed by atoms with van der Waals surface area (Å²) < 4.78 is 11.2. The Bertz CT molecular complexity index is 973. The van der Waals surface area contributed by atoms with Crippen LogP contribution in [0.2, 0.25) is 0 Å². The van der Waals surface area contributed by atoms with Crippen LogP contribution in [0.3, 0.4) is 0 Å². The van der Waals surface area contributed by atoms with Gasteiger partial charge in [-0.25, -0.2) is 0 Å². The minimum absolute atomic E-state index is 0.387. The van der Waals surface area contributed by atoms with Crippen LogP contribution in [0.4, 0.5) is 0 Å². The second-order valence-electron chi connectivity index (χ2n) is 8.75. The van der Waals surface area contributed by atoms with E-state index in [-0.39, 0.29) is 0 Å². The first-order chi connectivity index (χ1) is 14.8. The van der Waals surface area contributed by atoms with E-state index in [0.717, 1.165) is 38.2 Å². The molecule has 154 valence electrons. The molecule has 1 aliphatic heterocycles. The van der Waals surface area contributed by atoms with Gasteiger partial charge in [0.05, 0.1) is 19.3 Å². The lowest BCUT2D eigenvalue weighted by molar-refractivity contribution is 0.293. The lowest BCUT2D eigenvalue weighted by atomic mass is 9.69. The summed E-state index contributed by atoms with van der Waals surface area (Å²) in [7, 11) is 0. The molecule has 0 spiro atoms. The van der Waals surface area contributed by atoms with E-state index in [1.807, 2.05) is 0 Å². The molecule has 5 rings (SSSR count). The molecule has 1 aliphatic carbocycles. The van der Waals surface area contributed by atoms with Gasteiger partial charge in [0.1, 0.15) is 5.75 Å². The molecule has 1 heterocycles. The van der Waals surface area contributed by atoms with Crippen LogP contribution in [0.25, 0.3) is 0 Å². The van der Waals surface area contributed by atoms with E-state index >= 15 is 0 Å². The lowest BCUT2D eigenvalue weighted by Gasteiger charge is -2.35. The van der Waals surface area contributed by atoms with Gasteiger partial charge in [0.15, 0.2) is 0 Å². The molecule has 3 aromatic rings. The van der Waals surface area contributed by atoms with Crippen LogP contribution in [0, 0.1) is 6.92 Å². The highest BCUT2D eigenvalue weighted by Crippen LogP contribution is 2.46. The van der Waals surface area contributed by atoms with Crippen molar-refractivity contribution in [3.8, 4) is 5.75 Å². The molecule has 3 atom stereocenters. The Kier molecular flexibility index (Phi) is 5.59. The summed E-state index contributed by atoms with van der Waals surface area (Å²) in [6.07, 6.45) is 4.99. The average molecular weight is 399 g/mol. The van der Waals surface area contributed by atoms with Crippen molar-refractivity contribution in [1.29, 1.82) is 0 Å². The molecule has 0 bridgehead atoms. The number of fused-ring (bicyclic) bond motifs is 1. The molecule has 1 fully saturated rings. The van der Waals surface area contributed by atoms with Gasteiger partial charge in [0.25, 0.3) is 0 Å². The maximum Gasteiger partial charge on any atom is 0.119 e. The maximum atomic E-state index is 5.97. The Labute approximate surface area is 179 Å². The van der Waals surface area contributed by atoms with Crippen LogP contribution in [0.15, 0.2) is 72.8 Å². The molecule has 0 amide bonds. The zero-order chi connectivity index (χ0) is 20.3. The fraction of sp³-hybridized carbons (Fsp3) is 0.357. The molecular formula is C28H30O2. The first-order valence-electron chi connectivity index (χ1n) is 11.3. The van der Waals surface area contributed by atoms with Gasteiger partial charge < -0.3 is 9.47 Å². The number of aryl methyl sites for hydroxylation is 2. The molecule has 0 saturated carbocycles. The Morgan fingerprint density at radius 1 is 0.933 bits per heavy atom. The maximum absolute atomic E-state index is 5.97. The average Bonchev–Trinajstić information content (AvgIpc) is 3.61. The lowest BCUT2D eigenvalue weighted by Crippen LogP contribution is -2.20. The Balaban J connectivity index is 1.40. The Morgan fingerprint density at radius 3 is 2.50 bits per heavy atom. The second-order valence-corrected chi connectivity index (χ2v) is 8.75. The van der Waals surface area contributed by atoms with Crippen LogP contribution in [-0.2, 0) is 11.2 Å². The topological polar surface area (TPSA) is 21.8 Å². The van der Waals surface area contributed by atoms with Crippen LogP contribution in [-0.4, -0.2) is 19.3 Å². The van der Waals surface area contributed by atoms with E-state index in [4.69, 9.17) is 9.47 Å². The Morgan fingerprint density at radius 2 is 1.73 bits per heavy atom. The minimum atomic E-state index is 0.387. The molecule has 3 aromatic carbocycles. The smallest absolute Gasteiger partial charge is 0.119 e. The van der Waals surface area contributed by atoms with Gasteiger partial charge in [-0.3, -0.25) is 0 Å². The van der Waals surface area contributed by atoms with Gasteiger partial charge in [-0.2, -0.15) is 0 Å². The van der Waals surface area contributed by atoms with Crippen molar-refractivity contribution in [3.05, 3.63) is 101 Å². The molecule has 30 heavy (non-hydrogen) atoms. The number of epoxide rings is 1. The fourth-order valence-electron chi connectivity index (χ4n) is 4.93. The first kappa shape index (κ1) is 19.4. The molecule has 0 aromatic heterocycles. The third-order valence-electron chi connectivity index (χ3n) is 6.57. The van der Waals surface area contributed by atoms with Crippen LogP contribution in [0.5, 0.6) is 5.75 Å². The number of rotatable bonds is 7. The highest BCUT2D eigenvalue weighted by Gasteiger charge is 2.31. The van der Waals surface area contributed by atoms with Crippen molar-refractivity contribution < 1.29 is 9.47 Å². The SMILES string of the molecule is Cc1ccc2c(c1)CC[C@H](c1ccccc1)[C@@H]2c1ccc(OCCCC2CO2)cc1. The normalized spacial score (nSPS) is 22.4. The van der Waals surface area contributed by atoms with E-state index in [1.165, 1.54) is 34.2 Å². The summed E-state index contributed by atoms with van der Waals surface area (Å²) in [5, 5.41) is 0. The first-order valence-corrected chi connectivity index (χ1v) is 11.3. The van der Waals surface area contributed by atoms with Crippen molar-refractivity contribution >= 4 is 0 Å². The number of benzene rings is 3. The second kappa shape index (κ2) is 8.65.